The van der Waals surface area contributed by atoms with Gasteiger partial charge in [-0.2, -0.15) is 0 Å². The van der Waals surface area contributed by atoms with Gasteiger partial charge in [0, 0.05) is 31.7 Å². The number of aromatic nitrogens is 2. The van der Waals surface area contributed by atoms with Crippen molar-refractivity contribution in [1.82, 2.24) is 14.9 Å². The van der Waals surface area contributed by atoms with Crippen LogP contribution in [0.2, 0.25) is 0 Å². The van der Waals surface area contributed by atoms with Crippen LogP contribution in [0.1, 0.15) is 11.3 Å². The second-order valence-electron chi connectivity index (χ2n) is 8.36. The number of ether oxygens (including phenoxy) is 1. The molecular weight excluding hydrogens is 396 g/mol. The lowest BCUT2D eigenvalue weighted by Crippen LogP contribution is -2.44. The topological polar surface area (TPSA) is 95.9 Å². The molecule has 0 saturated carbocycles. The summed E-state index contributed by atoms with van der Waals surface area (Å²) in [4.78, 5) is 38.4. The monoisotopic (exact) mass is 420 g/mol. The summed E-state index contributed by atoms with van der Waals surface area (Å²) in [5.41, 5.74) is 1.70. The fourth-order valence-corrected chi connectivity index (χ4v) is 4.96. The Hall–Kier alpha value is -3.10. The standard InChI is InChI=1S/C23H24N4O4/c1-26(13-16-12-24-9-10-25-16)21(29)19-18-6-8-23(31-18)14-27(22(30)20(19)23)17-4-2-15(3-5-17)7-11-28/h2-6,8-10,12,18-20,28H,7,11,13-14H2,1H3/t18-,19-,20+,23-/m0/s1. The molecule has 2 saturated heterocycles. The molecule has 3 aliphatic heterocycles. The quantitative estimate of drug-likeness (QED) is 0.700. The van der Waals surface area contributed by atoms with E-state index in [1.807, 2.05) is 36.4 Å². The van der Waals surface area contributed by atoms with E-state index < -0.39 is 17.4 Å². The third-order valence-electron chi connectivity index (χ3n) is 6.43. The van der Waals surface area contributed by atoms with Gasteiger partial charge in [-0.05, 0) is 24.1 Å². The highest BCUT2D eigenvalue weighted by molar-refractivity contribution is 6.03. The first-order chi connectivity index (χ1) is 15.0. The number of amides is 2. The van der Waals surface area contributed by atoms with Crippen LogP contribution in [0.4, 0.5) is 5.69 Å². The average molecular weight is 420 g/mol. The largest absolute Gasteiger partial charge is 0.396 e. The molecule has 3 aliphatic rings. The molecule has 1 aromatic carbocycles. The Kier molecular flexibility index (Phi) is 4.83. The molecule has 1 aromatic heterocycles. The molecule has 2 bridgehead atoms. The van der Waals surface area contributed by atoms with E-state index in [0.717, 1.165) is 11.3 Å². The zero-order valence-electron chi connectivity index (χ0n) is 17.2. The number of rotatable bonds is 6. The Morgan fingerprint density at radius 3 is 2.84 bits per heavy atom. The molecule has 1 spiro atoms. The predicted octanol–water partition coefficient (Wildman–Crippen LogP) is 0.956. The van der Waals surface area contributed by atoms with E-state index in [4.69, 9.17) is 9.84 Å². The fourth-order valence-electron chi connectivity index (χ4n) is 4.96. The SMILES string of the molecule is CN(Cc1cnccn1)C(=O)[C@H]1[C@@H]2C=C[C@@]3(CN(c4ccc(CCO)cc4)C(=O)[C@@H]13)O2. The van der Waals surface area contributed by atoms with E-state index in [2.05, 4.69) is 9.97 Å². The second-order valence-corrected chi connectivity index (χ2v) is 8.36. The Bertz CT molecular complexity index is 1030. The van der Waals surface area contributed by atoms with Crippen molar-refractivity contribution in [3.63, 3.8) is 0 Å². The summed E-state index contributed by atoms with van der Waals surface area (Å²) >= 11 is 0. The summed E-state index contributed by atoms with van der Waals surface area (Å²) < 4.78 is 6.22. The zero-order chi connectivity index (χ0) is 21.6. The van der Waals surface area contributed by atoms with Crippen LogP contribution in [0.5, 0.6) is 0 Å². The molecular formula is C23H24N4O4. The lowest BCUT2D eigenvalue weighted by atomic mass is 9.76. The number of aliphatic hydroxyl groups is 1. The Balaban J connectivity index is 1.38. The molecule has 4 heterocycles. The van der Waals surface area contributed by atoms with Crippen LogP contribution < -0.4 is 4.90 Å². The summed E-state index contributed by atoms with van der Waals surface area (Å²) in [7, 11) is 1.72. The third kappa shape index (κ3) is 3.23. The van der Waals surface area contributed by atoms with Gasteiger partial charge in [0.05, 0.1) is 42.9 Å². The van der Waals surface area contributed by atoms with Crippen LogP contribution in [0.25, 0.3) is 0 Å². The molecule has 31 heavy (non-hydrogen) atoms. The van der Waals surface area contributed by atoms with Gasteiger partial charge in [0.1, 0.15) is 5.60 Å². The minimum atomic E-state index is -0.765. The maximum absolute atomic E-state index is 13.5. The highest BCUT2D eigenvalue weighted by Crippen LogP contribution is 2.53. The van der Waals surface area contributed by atoms with E-state index >= 15 is 0 Å². The summed E-state index contributed by atoms with van der Waals surface area (Å²) in [6.07, 6.45) is 8.86. The molecule has 8 nitrogen and oxygen atoms in total. The van der Waals surface area contributed by atoms with Crippen LogP contribution in [-0.4, -0.2) is 63.7 Å². The highest BCUT2D eigenvalue weighted by Gasteiger charge is 2.67. The van der Waals surface area contributed by atoms with Crippen molar-refractivity contribution in [2.45, 2.75) is 24.7 Å². The smallest absolute Gasteiger partial charge is 0.234 e. The van der Waals surface area contributed by atoms with Gasteiger partial charge in [-0.3, -0.25) is 19.6 Å². The number of aliphatic hydroxyl groups excluding tert-OH is 1. The van der Waals surface area contributed by atoms with Gasteiger partial charge in [-0.15, -0.1) is 0 Å². The van der Waals surface area contributed by atoms with Crippen LogP contribution >= 0.6 is 0 Å². The molecule has 0 aliphatic carbocycles. The first-order valence-corrected chi connectivity index (χ1v) is 10.4. The molecule has 4 atom stereocenters. The van der Waals surface area contributed by atoms with Crippen molar-refractivity contribution >= 4 is 17.5 Å². The maximum atomic E-state index is 13.5. The van der Waals surface area contributed by atoms with Crippen molar-refractivity contribution in [2.24, 2.45) is 11.8 Å². The molecule has 2 fully saturated rings. The van der Waals surface area contributed by atoms with Crippen molar-refractivity contribution in [2.75, 3.05) is 25.1 Å². The molecule has 2 amide bonds. The molecule has 160 valence electrons. The lowest BCUT2D eigenvalue weighted by Gasteiger charge is -2.27. The van der Waals surface area contributed by atoms with E-state index in [9.17, 15) is 9.59 Å². The first-order valence-electron chi connectivity index (χ1n) is 10.4. The Morgan fingerprint density at radius 1 is 1.32 bits per heavy atom. The number of anilines is 1. The summed E-state index contributed by atoms with van der Waals surface area (Å²) in [6, 6.07) is 7.59. The third-order valence-corrected chi connectivity index (χ3v) is 6.43. The highest BCUT2D eigenvalue weighted by atomic mass is 16.5. The number of fused-ring (bicyclic) bond motifs is 1. The van der Waals surface area contributed by atoms with E-state index in [0.29, 0.717) is 25.2 Å². The molecule has 0 unspecified atom stereocenters. The van der Waals surface area contributed by atoms with Gasteiger partial charge in [0.2, 0.25) is 11.8 Å². The Morgan fingerprint density at radius 2 is 2.13 bits per heavy atom. The number of carbonyl (C=O) groups is 2. The number of hydrogen-bond acceptors (Lipinski definition) is 6. The minimum absolute atomic E-state index is 0.0824. The number of nitrogens with zero attached hydrogens (tertiary/aromatic N) is 4. The molecule has 8 heteroatoms. The Labute approximate surface area is 180 Å². The van der Waals surface area contributed by atoms with Crippen LogP contribution in [0, 0.1) is 11.8 Å². The summed E-state index contributed by atoms with van der Waals surface area (Å²) in [5, 5.41) is 9.11. The number of benzene rings is 1. The van der Waals surface area contributed by atoms with Gasteiger partial charge in [0.15, 0.2) is 0 Å². The van der Waals surface area contributed by atoms with E-state index in [1.54, 1.807) is 35.4 Å². The van der Waals surface area contributed by atoms with Gasteiger partial charge in [0.25, 0.3) is 0 Å². The van der Waals surface area contributed by atoms with Crippen LogP contribution in [-0.2, 0) is 27.3 Å². The van der Waals surface area contributed by atoms with Crippen molar-refractivity contribution in [3.8, 4) is 0 Å². The van der Waals surface area contributed by atoms with Crippen LogP contribution in [0.3, 0.4) is 0 Å². The van der Waals surface area contributed by atoms with Crippen LogP contribution in [0.15, 0.2) is 55.0 Å². The van der Waals surface area contributed by atoms with Gasteiger partial charge in [-0.25, -0.2) is 0 Å². The molecule has 1 N–H and O–H groups in total. The summed E-state index contributed by atoms with van der Waals surface area (Å²) in [5.74, 6) is -1.32. The van der Waals surface area contributed by atoms with Gasteiger partial charge >= 0.3 is 0 Å². The molecule has 2 aromatic rings. The van der Waals surface area contributed by atoms with E-state index in [1.165, 1.54) is 0 Å². The fraction of sp³-hybridized carbons (Fsp3) is 0.391. The van der Waals surface area contributed by atoms with Gasteiger partial charge < -0.3 is 19.6 Å². The predicted molar refractivity (Wildman–Crippen MR) is 112 cm³/mol. The molecule has 0 radical (unpaired) electrons. The number of hydrogen-bond donors (Lipinski definition) is 1. The maximum Gasteiger partial charge on any atom is 0.234 e. The van der Waals surface area contributed by atoms with Crippen molar-refractivity contribution < 1.29 is 19.4 Å². The lowest BCUT2D eigenvalue weighted by molar-refractivity contribution is -0.139. The summed E-state index contributed by atoms with van der Waals surface area (Å²) in [6.45, 7) is 0.795. The minimum Gasteiger partial charge on any atom is -0.396 e. The normalized spacial score (nSPS) is 28.3. The second kappa shape index (κ2) is 7.55. The first kappa shape index (κ1) is 19.8. The van der Waals surface area contributed by atoms with Gasteiger partial charge in [-0.1, -0.05) is 24.3 Å². The van der Waals surface area contributed by atoms with Crippen molar-refractivity contribution in [3.05, 3.63) is 66.3 Å². The number of carbonyl (C=O) groups excluding carboxylic acids is 2. The molecule has 5 rings (SSSR count). The van der Waals surface area contributed by atoms with Crippen molar-refractivity contribution in [1.29, 1.82) is 0 Å². The van der Waals surface area contributed by atoms with E-state index in [-0.39, 0.29) is 24.5 Å². The average Bonchev–Trinajstić information content (AvgIpc) is 3.43. The zero-order valence-corrected chi connectivity index (χ0v) is 17.2.